The molecule has 0 spiro atoms. The van der Waals surface area contributed by atoms with Gasteiger partial charge in [0.2, 0.25) is 5.76 Å². The Morgan fingerprint density at radius 3 is 1.82 bits per heavy atom. The van der Waals surface area contributed by atoms with E-state index >= 15 is 0 Å². The Balaban J connectivity index is 3.88. The lowest BCUT2D eigenvalue weighted by Gasteiger charge is -2.03. The number of hydrogen-bond donors (Lipinski definition) is 0. The molecule has 0 rings (SSSR count). The highest BCUT2D eigenvalue weighted by atomic mass is 16.6. The summed E-state index contributed by atoms with van der Waals surface area (Å²) in [6, 6.07) is 0. The average molecular weight is 387 g/mol. The van der Waals surface area contributed by atoms with E-state index in [4.69, 9.17) is 9.47 Å². The summed E-state index contributed by atoms with van der Waals surface area (Å²) in [5.74, 6) is -0.267. The van der Waals surface area contributed by atoms with Crippen molar-refractivity contribution >= 4 is 5.97 Å². The van der Waals surface area contributed by atoms with Gasteiger partial charge in [-0.2, -0.15) is 0 Å². The maximum Gasteiger partial charge on any atom is 0.373 e. The van der Waals surface area contributed by atoms with E-state index < -0.39 is 5.97 Å². The number of ether oxygens (including phenoxy) is 2. The van der Waals surface area contributed by atoms with Gasteiger partial charge in [0.1, 0.15) is 0 Å². The molecule has 28 heavy (non-hydrogen) atoms. The Kier molecular flexibility index (Phi) is 19.3. The van der Waals surface area contributed by atoms with E-state index in [1.165, 1.54) is 52.1 Å². The van der Waals surface area contributed by atoms with Gasteiger partial charge in [-0.1, -0.05) is 106 Å². The zero-order chi connectivity index (χ0) is 20.7. The van der Waals surface area contributed by atoms with Crippen LogP contribution < -0.4 is 0 Å². The van der Waals surface area contributed by atoms with E-state index in [0.717, 1.165) is 6.42 Å². The number of carbonyl (C=O) groups excluding carboxylic acids is 1. The van der Waals surface area contributed by atoms with Crippen molar-refractivity contribution in [2.75, 3.05) is 13.7 Å². The van der Waals surface area contributed by atoms with Crippen LogP contribution in [0.5, 0.6) is 0 Å². The van der Waals surface area contributed by atoms with E-state index in [2.05, 4.69) is 19.1 Å². The zero-order valence-electron chi connectivity index (χ0n) is 17.9. The molecule has 0 radical (unpaired) electrons. The van der Waals surface area contributed by atoms with Crippen LogP contribution in [-0.2, 0) is 14.3 Å². The molecule has 0 saturated heterocycles. The van der Waals surface area contributed by atoms with Gasteiger partial charge in [0, 0.05) is 0 Å². The van der Waals surface area contributed by atoms with Gasteiger partial charge in [-0.15, -0.1) is 0 Å². The molecule has 0 aliphatic carbocycles. The molecule has 0 fully saturated rings. The van der Waals surface area contributed by atoms with Gasteiger partial charge in [0.15, 0.2) is 0 Å². The zero-order valence-corrected chi connectivity index (χ0v) is 17.9. The van der Waals surface area contributed by atoms with Crippen molar-refractivity contribution in [3.05, 3.63) is 72.6 Å². The lowest BCUT2D eigenvalue weighted by molar-refractivity contribution is -0.142. The lowest BCUT2D eigenvalue weighted by Crippen LogP contribution is -2.08. The lowest BCUT2D eigenvalue weighted by atomic mass is 10.1. The number of hydrogen-bond acceptors (Lipinski definition) is 3. The second kappa shape index (κ2) is 21.0. The molecule has 0 N–H and O–H groups in total. The predicted molar refractivity (Wildman–Crippen MR) is 120 cm³/mol. The van der Waals surface area contributed by atoms with Crippen molar-refractivity contribution in [2.24, 2.45) is 0 Å². The fourth-order valence-electron chi connectivity index (χ4n) is 2.41. The van der Waals surface area contributed by atoms with E-state index in [1.54, 1.807) is 19.1 Å². The number of carbonyl (C=O) groups is 1. The summed E-state index contributed by atoms with van der Waals surface area (Å²) >= 11 is 0. The summed E-state index contributed by atoms with van der Waals surface area (Å²) in [6.45, 7) is 4.35. The molecule has 0 bridgehead atoms. The van der Waals surface area contributed by atoms with Gasteiger partial charge in [0.25, 0.3) is 0 Å². The molecule has 0 aromatic heterocycles. The van der Waals surface area contributed by atoms with Gasteiger partial charge in [0.05, 0.1) is 13.7 Å². The van der Waals surface area contributed by atoms with E-state index in [-0.39, 0.29) is 5.76 Å². The number of rotatable bonds is 16. The second-order valence-corrected chi connectivity index (χ2v) is 6.33. The molecule has 0 heterocycles. The van der Waals surface area contributed by atoms with Crippen LogP contribution in [0, 0.1) is 0 Å². The summed E-state index contributed by atoms with van der Waals surface area (Å²) in [5, 5.41) is 0. The molecule has 0 aliphatic heterocycles. The Morgan fingerprint density at radius 2 is 1.25 bits per heavy atom. The highest BCUT2D eigenvalue weighted by Gasteiger charge is 2.08. The van der Waals surface area contributed by atoms with Crippen LogP contribution in [0.25, 0.3) is 0 Å². The van der Waals surface area contributed by atoms with E-state index in [9.17, 15) is 4.79 Å². The largest absolute Gasteiger partial charge is 0.490 e. The summed E-state index contributed by atoms with van der Waals surface area (Å²) < 4.78 is 9.85. The molecule has 0 unspecified atom stereocenters. The van der Waals surface area contributed by atoms with Crippen LogP contribution >= 0.6 is 0 Å². The highest BCUT2D eigenvalue weighted by molar-refractivity contribution is 5.86. The van der Waals surface area contributed by atoms with Crippen LogP contribution in [0.2, 0.25) is 0 Å². The first-order chi connectivity index (χ1) is 13.8. The molecule has 0 aromatic carbocycles. The topological polar surface area (TPSA) is 35.5 Å². The van der Waals surface area contributed by atoms with Gasteiger partial charge in [-0.25, -0.2) is 4.79 Å². The quantitative estimate of drug-likeness (QED) is 0.0941. The molecule has 156 valence electrons. The first-order valence-corrected chi connectivity index (χ1v) is 10.5. The molecule has 0 amide bonds. The third kappa shape index (κ3) is 17.1. The van der Waals surface area contributed by atoms with Gasteiger partial charge < -0.3 is 9.47 Å². The van der Waals surface area contributed by atoms with Gasteiger partial charge in [-0.05, 0) is 25.8 Å². The molecule has 0 atom stereocenters. The number of unbranched alkanes of at least 4 members (excludes halogenated alkanes) is 7. The fraction of sp³-hybridized carbons (Fsp3) is 0.480. The third-order valence-electron chi connectivity index (χ3n) is 3.94. The van der Waals surface area contributed by atoms with Crippen molar-refractivity contribution in [3.8, 4) is 0 Å². The maximum atomic E-state index is 11.5. The molecule has 0 aliphatic rings. The van der Waals surface area contributed by atoms with Crippen LogP contribution in [0.1, 0.15) is 65.2 Å². The summed E-state index contributed by atoms with van der Waals surface area (Å²) in [6.07, 6.45) is 32.0. The minimum absolute atomic E-state index is 0.188. The summed E-state index contributed by atoms with van der Waals surface area (Å²) in [7, 11) is 1.45. The average Bonchev–Trinajstić information content (AvgIpc) is 2.70. The third-order valence-corrected chi connectivity index (χ3v) is 3.94. The molecular formula is C25H38O3. The molecule has 3 nitrogen and oxygen atoms in total. The maximum absolute atomic E-state index is 11.5. The normalized spacial score (nSPS) is 13.0. The van der Waals surface area contributed by atoms with Crippen LogP contribution in [0.3, 0.4) is 0 Å². The SMILES string of the molecule is CCCCCCCCCC=CC=CC=CC=CC=CC=C(OC)C(=O)OCC. The standard InChI is InChI=1S/C25H38O3/c1-4-6-7-8-9-10-11-12-13-14-15-16-17-18-19-20-21-22-23-24(27-3)25(26)28-5-2/h13-23H,4-12H2,1-3H3. The van der Waals surface area contributed by atoms with Crippen molar-refractivity contribution in [1.82, 2.24) is 0 Å². The first-order valence-electron chi connectivity index (χ1n) is 10.5. The number of esters is 1. The van der Waals surface area contributed by atoms with Crippen LogP contribution in [-0.4, -0.2) is 19.7 Å². The van der Waals surface area contributed by atoms with Crippen molar-refractivity contribution in [2.45, 2.75) is 65.2 Å². The second-order valence-electron chi connectivity index (χ2n) is 6.33. The highest BCUT2D eigenvalue weighted by Crippen LogP contribution is 2.08. The Labute approximate surface area is 172 Å². The smallest absolute Gasteiger partial charge is 0.373 e. The first kappa shape index (κ1) is 25.7. The van der Waals surface area contributed by atoms with Crippen LogP contribution in [0.4, 0.5) is 0 Å². The molecular weight excluding hydrogens is 348 g/mol. The van der Waals surface area contributed by atoms with Crippen molar-refractivity contribution in [3.63, 3.8) is 0 Å². The Bertz CT molecular complexity index is 548. The number of allylic oxidation sites excluding steroid dienone is 11. The van der Waals surface area contributed by atoms with E-state index in [1.807, 2.05) is 42.5 Å². The number of methoxy groups -OCH3 is 1. The molecule has 0 aromatic rings. The van der Waals surface area contributed by atoms with Gasteiger partial charge in [-0.3, -0.25) is 0 Å². The molecule has 3 heteroatoms. The Hall–Kier alpha value is -2.29. The summed E-state index contributed by atoms with van der Waals surface area (Å²) in [5.41, 5.74) is 0. The van der Waals surface area contributed by atoms with Crippen molar-refractivity contribution in [1.29, 1.82) is 0 Å². The van der Waals surface area contributed by atoms with Gasteiger partial charge >= 0.3 is 5.97 Å². The molecule has 0 saturated carbocycles. The summed E-state index contributed by atoms with van der Waals surface area (Å²) in [4.78, 5) is 11.5. The monoisotopic (exact) mass is 386 g/mol. The van der Waals surface area contributed by atoms with Crippen LogP contribution in [0.15, 0.2) is 72.6 Å². The predicted octanol–water partition coefficient (Wildman–Crippen LogP) is 7.00. The van der Waals surface area contributed by atoms with Crippen molar-refractivity contribution < 1.29 is 14.3 Å². The fourth-order valence-corrected chi connectivity index (χ4v) is 2.41. The van der Waals surface area contributed by atoms with E-state index in [0.29, 0.717) is 6.61 Å². The minimum atomic E-state index is -0.455. The Morgan fingerprint density at radius 1 is 0.714 bits per heavy atom. The minimum Gasteiger partial charge on any atom is -0.490 e.